The van der Waals surface area contributed by atoms with E-state index in [2.05, 4.69) is 10.6 Å². The Balaban J connectivity index is 0.000000200. The lowest BCUT2D eigenvalue weighted by molar-refractivity contribution is -0.0276. The molecule has 0 spiro atoms. The smallest absolute Gasteiger partial charge is 0.0951 e. The van der Waals surface area contributed by atoms with E-state index in [0.29, 0.717) is 0 Å². The predicted octanol–water partition coefficient (Wildman–Crippen LogP) is -1.04. The van der Waals surface area contributed by atoms with Crippen LogP contribution in [-0.4, -0.2) is 71.0 Å². The maximum Gasteiger partial charge on any atom is 0.0951 e. The highest BCUT2D eigenvalue weighted by molar-refractivity contribution is 4.85. The fourth-order valence-corrected chi connectivity index (χ4v) is 2.94. The Labute approximate surface area is 121 Å². The fourth-order valence-electron chi connectivity index (χ4n) is 2.94. The summed E-state index contributed by atoms with van der Waals surface area (Å²) in [5.74, 6) is 0. The van der Waals surface area contributed by atoms with Gasteiger partial charge in [-0.15, -0.1) is 0 Å². The van der Waals surface area contributed by atoms with Crippen molar-refractivity contribution in [2.75, 3.05) is 14.1 Å². The predicted molar refractivity (Wildman–Crippen MR) is 77.4 cm³/mol. The Hall–Kier alpha value is -0.240. The topological polar surface area (TPSA) is 105 Å². The summed E-state index contributed by atoms with van der Waals surface area (Å²) in [5.41, 5.74) is 0. The van der Waals surface area contributed by atoms with Crippen LogP contribution >= 0.6 is 0 Å². The molecule has 0 aromatic heterocycles. The highest BCUT2D eigenvalue weighted by Crippen LogP contribution is 2.19. The van der Waals surface area contributed by atoms with Crippen LogP contribution in [0, 0.1) is 0 Å². The lowest BCUT2D eigenvalue weighted by atomic mass is 9.90. The molecule has 0 amide bonds. The molecule has 0 heterocycles. The van der Waals surface area contributed by atoms with Crippen LogP contribution in [0.5, 0.6) is 0 Å². The van der Waals surface area contributed by atoms with Crippen LogP contribution in [0.3, 0.4) is 0 Å². The van der Waals surface area contributed by atoms with E-state index in [-0.39, 0.29) is 12.1 Å². The van der Waals surface area contributed by atoms with Gasteiger partial charge in [-0.2, -0.15) is 0 Å². The molecule has 0 bridgehead atoms. The Morgan fingerprint density at radius 1 is 0.650 bits per heavy atom. The molecule has 0 radical (unpaired) electrons. The molecule has 0 aromatic carbocycles. The molecule has 6 atom stereocenters. The molecule has 2 fully saturated rings. The van der Waals surface area contributed by atoms with Crippen molar-refractivity contribution in [1.29, 1.82) is 0 Å². The summed E-state index contributed by atoms with van der Waals surface area (Å²) in [7, 11) is 3.62. The van der Waals surface area contributed by atoms with Crippen LogP contribution in [0.1, 0.15) is 38.5 Å². The van der Waals surface area contributed by atoms with E-state index in [4.69, 9.17) is 0 Å². The van der Waals surface area contributed by atoms with E-state index in [1.54, 1.807) is 0 Å². The molecule has 6 nitrogen and oxygen atoms in total. The summed E-state index contributed by atoms with van der Waals surface area (Å²) in [6.45, 7) is 0. The van der Waals surface area contributed by atoms with E-state index < -0.39 is 24.4 Å². The second-order valence-corrected chi connectivity index (χ2v) is 5.77. The zero-order valence-corrected chi connectivity index (χ0v) is 12.5. The summed E-state index contributed by atoms with van der Waals surface area (Å²) >= 11 is 0. The molecule has 20 heavy (non-hydrogen) atoms. The Bertz CT molecular complexity index is 242. The highest BCUT2D eigenvalue weighted by Gasteiger charge is 2.29. The third kappa shape index (κ3) is 4.95. The number of nitrogens with one attached hydrogen (secondary N) is 2. The molecule has 0 aliphatic heterocycles. The second kappa shape index (κ2) is 8.92. The average Bonchev–Trinajstić information content (AvgIpc) is 2.45. The maximum atomic E-state index is 9.32. The van der Waals surface area contributed by atoms with Crippen molar-refractivity contribution in [3.8, 4) is 0 Å². The van der Waals surface area contributed by atoms with Gasteiger partial charge in [-0.1, -0.05) is 0 Å². The van der Waals surface area contributed by atoms with E-state index in [1.807, 2.05) is 14.1 Å². The van der Waals surface area contributed by atoms with E-state index >= 15 is 0 Å². The van der Waals surface area contributed by atoms with Crippen molar-refractivity contribution in [2.24, 2.45) is 0 Å². The van der Waals surface area contributed by atoms with Crippen molar-refractivity contribution in [3.05, 3.63) is 0 Å². The summed E-state index contributed by atoms with van der Waals surface area (Å²) in [4.78, 5) is 0. The van der Waals surface area contributed by atoms with E-state index in [0.717, 1.165) is 38.5 Å². The molecular weight excluding hydrogens is 260 g/mol. The van der Waals surface area contributed by atoms with Crippen molar-refractivity contribution in [2.45, 2.75) is 75.0 Å². The number of rotatable bonds is 2. The van der Waals surface area contributed by atoms with Gasteiger partial charge in [0.2, 0.25) is 0 Å². The Kier molecular flexibility index (Phi) is 7.94. The molecule has 0 saturated heterocycles. The number of hydrogen-bond acceptors (Lipinski definition) is 6. The molecule has 6 N–H and O–H groups in total. The lowest BCUT2D eigenvalue weighted by Crippen LogP contribution is -2.47. The van der Waals surface area contributed by atoms with Gasteiger partial charge in [0.05, 0.1) is 24.4 Å². The number of aliphatic hydroxyl groups excluding tert-OH is 4. The van der Waals surface area contributed by atoms with Crippen molar-refractivity contribution < 1.29 is 20.4 Å². The standard InChI is InChI=1S/2C7H15NO2/c2*1-8-5-3-2-4-6(9)7(5)10/h2*5-10H,2-4H2,1H3/t5?,6?,7-;/m1./s1. The van der Waals surface area contributed by atoms with E-state index in [9.17, 15) is 20.4 Å². The van der Waals surface area contributed by atoms with Gasteiger partial charge in [0, 0.05) is 12.1 Å². The SMILES string of the molecule is CNC1CCCC(O)C1O.CNC1CCCC(O)[C@@H]1O. The van der Waals surface area contributed by atoms with Crippen LogP contribution in [0.2, 0.25) is 0 Å². The quantitative estimate of drug-likeness (QED) is 0.388. The van der Waals surface area contributed by atoms with Crippen LogP contribution in [0.25, 0.3) is 0 Å². The van der Waals surface area contributed by atoms with Crippen LogP contribution in [-0.2, 0) is 0 Å². The summed E-state index contributed by atoms with van der Waals surface area (Å²) in [6.07, 6.45) is 3.23. The van der Waals surface area contributed by atoms with Crippen molar-refractivity contribution in [3.63, 3.8) is 0 Å². The van der Waals surface area contributed by atoms with Gasteiger partial charge < -0.3 is 31.1 Å². The van der Waals surface area contributed by atoms with Gasteiger partial charge in [0.25, 0.3) is 0 Å². The Morgan fingerprint density at radius 2 is 1.00 bits per heavy atom. The molecule has 120 valence electrons. The second-order valence-electron chi connectivity index (χ2n) is 5.77. The normalized spacial score (nSPS) is 41.7. The largest absolute Gasteiger partial charge is 0.390 e. The minimum Gasteiger partial charge on any atom is -0.390 e. The third-order valence-electron chi connectivity index (χ3n) is 4.38. The Morgan fingerprint density at radius 3 is 1.25 bits per heavy atom. The number of hydrogen-bond donors (Lipinski definition) is 6. The monoisotopic (exact) mass is 290 g/mol. The first-order chi connectivity index (χ1) is 9.51. The molecule has 6 heteroatoms. The molecule has 5 unspecified atom stereocenters. The first-order valence-electron chi connectivity index (χ1n) is 7.58. The van der Waals surface area contributed by atoms with Crippen LogP contribution in [0.15, 0.2) is 0 Å². The van der Waals surface area contributed by atoms with Gasteiger partial charge >= 0.3 is 0 Å². The average molecular weight is 290 g/mol. The first-order valence-corrected chi connectivity index (χ1v) is 7.58. The van der Waals surface area contributed by atoms with Gasteiger partial charge in [-0.25, -0.2) is 0 Å². The minimum atomic E-state index is -0.571. The van der Waals surface area contributed by atoms with Crippen LogP contribution < -0.4 is 10.6 Å². The van der Waals surface area contributed by atoms with Gasteiger partial charge in [-0.05, 0) is 52.6 Å². The first kappa shape index (κ1) is 17.8. The zero-order chi connectivity index (χ0) is 15.1. The van der Waals surface area contributed by atoms with Gasteiger partial charge in [-0.3, -0.25) is 0 Å². The zero-order valence-electron chi connectivity index (χ0n) is 12.5. The summed E-state index contributed by atoms with van der Waals surface area (Å²) in [6, 6.07) is 0.174. The summed E-state index contributed by atoms with van der Waals surface area (Å²) in [5, 5.41) is 43.0. The molecule has 2 rings (SSSR count). The molecule has 2 aliphatic carbocycles. The summed E-state index contributed by atoms with van der Waals surface area (Å²) < 4.78 is 0. The molecule has 0 aromatic rings. The highest BCUT2D eigenvalue weighted by atomic mass is 16.3. The fraction of sp³-hybridized carbons (Fsp3) is 1.00. The van der Waals surface area contributed by atoms with Gasteiger partial charge in [0.1, 0.15) is 0 Å². The molecule has 2 aliphatic rings. The molecule has 2 saturated carbocycles. The van der Waals surface area contributed by atoms with Crippen LogP contribution in [0.4, 0.5) is 0 Å². The van der Waals surface area contributed by atoms with Gasteiger partial charge in [0.15, 0.2) is 0 Å². The number of aliphatic hydroxyl groups is 4. The van der Waals surface area contributed by atoms with E-state index in [1.165, 1.54) is 0 Å². The van der Waals surface area contributed by atoms with Crippen molar-refractivity contribution >= 4 is 0 Å². The lowest BCUT2D eigenvalue weighted by Gasteiger charge is -2.31. The number of likely N-dealkylation sites (N-methyl/N-ethyl adjacent to an activating group) is 2. The van der Waals surface area contributed by atoms with Crippen molar-refractivity contribution in [1.82, 2.24) is 10.6 Å². The third-order valence-corrected chi connectivity index (χ3v) is 4.38. The minimum absolute atomic E-state index is 0.0868. The molecular formula is C14H30N2O4. The maximum absolute atomic E-state index is 9.32.